The summed E-state index contributed by atoms with van der Waals surface area (Å²) in [4.78, 5) is 66.2. The van der Waals surface area contributed by atoms with Crippen LogP contribution in [0.2, 0.25) is 0 Å². The summed E-state index contributed by atoms with van der Waals surface area (Å²) in [7, 11) is 0. The average Bonchev–Trinajstić information content (AvgIpc) is 3.37. The molecular formula is C35H27Cl2FN2O6. The van der Waals surface area contributed by atoms with Crippen LogP contribution in [0.5, 0.6) is 5.75 Å². The Balaban J connectivity index is 1.38. The van der Waals surface area contributed by atoms with Gasteiger partial charge in [0.2, 0.25) is 11.8 Å². The van der Waals surface area contributed by atoms with Crippen molar-refractivity contribution in [3.05, 3.63) is 101 Å². The maximum atomic E-state index is 14.4. The second-order valence-electron chi connectivity index (χ2n) is 12.4. The van der Waals surface area contributed by atoms with E-state index in [1.807, 2.05) is 0 Å². The zero-order valence-electron chi connectivity index (χ0n) is 24.7. The lowest BCUT2D eigenvalue weighted by Gasteiger charge is -2.50. The minimum Gasteiger partial charge on any atom is -0.507 e. The van der Waals surface area contributed by atoms with E-state index in [0.717, 1.165) is 21.9 Å². The third kappa shape index (κ3) is 3.94. The number of alkyl halides is 2. The smallest absolute Gasteiger partial charge is 0.258 e. The van der Waals surface area contributed by atoms with Gasteiger partial charge in [0.15, 0.2) is 15.5 Å². The number of hydrogen-bond donors (Lipinski definition) is 1. The highest BCUT2D eigenvalue weighted by molar-refractivity contribution is 6.58. The first-order chi connectivity index (χ1) is 21.8. The van der Waals surface area contributed by atoms with Gasteiger partial charge in [-0.3, -0.25) is 28.9 Å². The molecule has 0 radical (unpaired) electrons. The number of aromatic hydroxyl groups is 1. The first-order valence-electron chi connectivity index (χ1n) is 14.8. The van der Waals surface area contributed by atoms with Crippen molar-refractivity contribution < 1.29 is 33.5 Å². The van der Waals surface area contributed by atoms with Crippen molar-refractivity contribution >= 4 is 64.0 Å². The van der Waals surface area contributed by atoms with Gasteiger partial charge in [-0.15, -0.1) is 23.2 Å². The summed E-state index contributed by atoms with van der Waals surface area (Å²) in [5.41, 5.74) is 2.08. The van der Waals surface area contributed by atoms with E-state index in [4.69, 9.17) is 23.2 Å². The summed E-state index contributed by atoms with van der Waals surface area (Å²) in [5, 5.41) is 11.3. The van der Waals surface area contributed by atoms with Crippen molar-refractivity contribution in [2.24, 2.45) is 17.8 Å². The molecule has 0 spiro atoms. The second-order valence-corrected chi connectivity index (χ2v) is 13.6. The van der Waals surface area contributed by atoms with E-state index >= 15 is 0 Å². The Morgan fingerprint density at radius 1 is 0.870 bits per heavy atom. The summed E-state index contributed by atoms with van der Waals surface area (Å²) in [5.74, 6) is -7.14. The largest absolute Gasteiger partial charge is 0.507 e. The monoisotopic (exact) mass is 660 g/mol. The fourth-order valence-corrected chi connectivity index (χ4v) is 8.69. The predicted octanol–water partition coefficient (Wildman–Crippen LogP) is 5.81. The van der Waals surface area contributed by atoms with Crippen LogP contribution in [0.4, 0.5) is 15.8 Å². The second kappa shape index (κ2) is 10.3. The number of allylic oxidation sites excluding steroid dienone is 2. The Kier molecular flexibility index (Phi) is 6.81. The van der Waals surface area contributed by atoms with Gasteiger partial charge in [0.25, 0.3) is 11.8 Å². The molecule has 4 aliphatic rings. The molecule has 3 aromatic rings. The number of amides is 4. The molecule has 0 aromatic heterocycles. The number of halogens is 3. The average molecular weight is 662 g/mol. The molecule has 7 rings (SSSR count). The Morgan fingerprint density at radius 2 is 1.50 bits per heavy atom. The van der Waals surface area contributed by atoms with Gasteiger partial charge in [0.05, 0.1) is 23.2 Å². The van der Waals surface area contributed by atoms with Gasteiger partial charge in [0, 0.05) is 17.0 Å². The molecule has 11 heteroatoms. The lowest BCUT2D eigenvalue weighted by molar-refractivity contribution is -0.125. The van der Waals surface area contributed by atoms with Crippen LogP contribution in [0.15, 0.2) is 78.4 Å². The number of anilines is 2. The van der Waals surface area contributed by atoms with Crippen LogP contribution in [0, 0.1) is 30.5 Å². The summed E-state index contributed by atoms with van der Waals surface area (Å²) in [6.45, 7) is 3.10. The standard InChI is InChI=1S/C35H27Cl2FN2O6/c1-17-4-3-5-25(29(17)42)28-23-14-15-24-27(31(44)39(30(24)43)21-10-6-19(7-11-21)18(2)41)26(23)16-34(36)32(45)40(33(46)35(28,34)37)22-12-8-20(38)9-13-22/h3-14,24,26-28,42H,15-16H2,1-2H3/t24-,26+,27-,28+,34+,35-/m0/s1. The van der Waals surface area contributed by atoms with Crippen molar-refractivity contribution in [2.45, 2.75) is 42.4 Å². The first kappa shape index (κ1) is 30.3. The third-order valence-corrected chi connectivity index (χ3v) is 11.4. The Bertz CT molecular complexity index is 1910. The van der Waals surface area contributed by atoms with Crippen LogP contribution in [0.3, 0.4) is 0 Å². The van der Waals surface area contributed by atoms with Crippen LogP contribution < -0.4 is 9.80 Å². The first-order valence-corrected chi connectivity index (χ1v) is 15.6. The van der Waals surface area contributed by atoms with Crippen LogP contribution in [0.25, 0.3) is 0 Å². The number of rotatable bonds is 4. The van der Waals surface area contributed by atoms with Gasteiger partial charge in [-0.1, -0.05) is 29.8 Å². The minimum atomic E-state index is -2.14. The molecule has 1 N–H and O–H groups in total. The van der Waals surface area contributed by atoms with Gasteiger partial charge in [-0.25, -0.2) is 9.29 Å². The highest BCUT2D eigenvalue weighted by Crippen LogP contribution is 2.66. The fourth-order valence-electron chi connectivity index (χ4n) is 7.76. The highest BCUT2D eigenvalue weighted by atomic mass is 35.5. The number of aryl methyl sites for hydroxylation is 1. The number of imide groups is 2. The van der Waals surface area contributed by atoms with E-state index in [-0.39, 0.29) is 35.6 Å². The molecule has 4 amide bonds. The topological polar surface area (TPSA) is 112 Å². The number of para-hydroxylation sites is 1. The maximum absolute atomic E-state index is 14.4. The number of nitrogens with zero attached hydrogens (tertiary/aromatic N) is 2. The van der Waals surface area contributed by atoms with Crippen LogP contribution in [-0.4, -0.2) is 44.3 Å². The van der Waals surface area contributed by atoms with Gasteiger partial charge < -0.3 is 5.11 Å². The Labute approximate surface area is 273 Å². The lowest BCUT2D eigenvalue weighted by Crippen LogP contribution is -2.60. The van der Waals surface area contributed by atoms with Gasteiger partial charge in [-0.2, -0.15) is 0 Å². The molecule has 2 saturated heterocycles. The molecule has 6 atom stereocenters. The van der Waals surface area contributed by atoms with E-state index in [2.05, 4.69) is 0 Å². The molecular weight excluding hydrogens is 634 g/mol. The van der Waals surface area contributed by atoms with Crippen LogP contribution in [0.1, 0.15) is 47.2 Å². The Hall–Kier alpha value is -4.34. The van der Waals surface area contributed by atoms with Gasteiger partial charge >= 0.3 is 0 Å². The number of ketones is 1. The van der Waals surface area contributed by atoms with E-state index in [0.29, 0.717) is 22.4 Å². The molecule has 3 fully saturated rings. The van der Waals surface area contributed by atoms with Crippen molar-refractivity contribution in [3.63, 3.8) is 0 Å². The molecule has 8 nitrogen and oxygen atoms in total. The summed E-state index contributed by atoms with van der Waals surface area (Å²) >= 11 is 14.7. The number of Topliss-reactive ketones (excluding diaryl/α,β-unsaturated/α-hetero) is 1. The zero-order valence-corrected chi connectivity index (χ0v) is 26.2. The zero-order chi connectivity index (χ0) is 32.9. The Morgan fingerprint density at radius 3 is 2.15 bits per heavy atom. The van der Waals surface area contributed by atoms with Crippen molar-refractivity contribution in [2.75, 3.05) is 9.80 Å². The van der Waals surface area contributed by atoms with Crippen LogP contribution in [-0.2, 0) is 19.2 Å². The summed E-state index contributed by atoms with van der Waals surface area (Å²) in [6.07, 6.45) is 1.69. The van der Waals surface area contributed by atoms with E-state index < -0.39 is 62.9 Å². The molecule has 0 bridgehead atoms. The van der Waals surface area contributed by atoms with E-state index in [1.54, 1.807) is 55.5 Å². The molecule has 234 valence electrons. The number of carbonyl (C=O) groups excluding carboxylic acids is 5. The summed E-state index contributed by atoms with van der Waals surface area (Å²) in [6, 6.07) is 15.9. The molecule has 0 unspecified atom stereocenters. The molecule has 2 aliphatic carbocycles. The lowest BCUT2D eigenvalue weighted by atomic mass is 9.56. The predicted molar refractivity (Wildman–Crippen MR) is 168 cm³/mol. The molecule has 1 saturated carbocycles. The molecule has 2 heterocycles. The number of hydrogen-bond acceptors (Lipinski definition) is 6. The van der Waals surface area contributed by atoms with E-state index in [1.165, 1.54) is 19.1 Å². The number of fused-ring (bicyclic) bond motifs is 4. The molecule has 2 aliphatic heterocycles. The molecule has 3 aromatic carbocycles. The minimum absolute atomic E-state index is 0.0696. The SMILES string of the molecule is CC(=O)c1ccc(N2C(=O)[C@H]3[C@H](CC=C4[C@H]3C[C@@]3(Cl)C(=O)N(c5ccc(F)cc5)C(=O)[C@@]3(Cl)[C@H]4c3cccc(C)c3O)C2=O)cc1. The maximum Gasteiger partial charge on any atom is 0.258 e. The van der Waals surface area contributed by atoms with Crippen molar-refractivity contribution in [1.82, 2.24) is 0 Å². The number of carbonyl (C=O) groups is 5. The van der Waals surface area contributed by atoms with Gasteiger partial charge in [-0.05, 0) is 86.7 Å². The highest BCUT2D eigenvalue weighted by Gasteiger charge is 2.77. The van der Waals surface area contributed by atoms with E-state index in [9.17, 15) is 33.5 Å². The normalized spacial score (nSPS) is 30.2. The fraction of sp³-hybridized carbons (Fsp3) is 0.286. The summed E-state index contributed by atoms with van der Waals surface area (Å²) < 4.78 is 13.8. The van der Waals surface area contributed by atoms with Crippen molar-refractivity contribution in [1.29, 1.82) is 0 Å². The number of benzene rings is 3. The van der Waals surface area contributed by atoms with Crippen molar-refractivity contribution in [3.8, 4) is 5.75 Å². The van der Waals surface area contributed by atoms with Gasteiger partial charge in [0.1, 0.15) is 11.6 Å². The quantitative estimate of drug-likeness (QED) is 0.164. The third-order valence-electron chi connectivity index (χ3n) is 10.0. The van der Waals surface area contributed by atoms with Crippen LogP contribution >= 0.6 is 23.2 Å². The number of phenolic OH excluding ortho intramolecular Hbond substituents is 1. The number of phenols is 1. The molecule has 46 heavy (non-hydrogen) atoms.